The largest absolute Gasteiger partial charge is 0.493 e. The number of esters is 1. The molecule has 1 N–H and O–H groups in total. The van der Waals surface area contributed by atoms with Gasteiger partial charge in [0, 0.05) is 17.4 Å². The van der Waals surface area contributed by atoms with Gasteiger partial charge < -0.3 is 9.84 Å². The standard InChI is InChI=1S/C21H16N2O3S2/c1-2-26-20(25)13-6-5-7-15(10-13)23-19(24)18(28-21(23)27)11-14-12-22-17-9-4-3-8-16(14)17/h3-12,24H,2H2,1H3. The molecule has 0 radical (unpaired) electrons. The molecule has 1 aliphatic rings. The van der Waals surface area contributed by atoms with Crippen LogP contribution in [-0.2, 0) is 4.74 Å². The Morgan fingerprint density at radius 1 is 1.29 bits per heavy atom. The van der Waals surface area contributed by atoms with Crippen LogP contribution in [0, 0.1) is 3.95 Å². The van der Waals surface area contributed by atoms with Crippen molar-refractivity contribution < 1.29 is 14.6 Å². The molecule has 0 bridgehead atoms. The van der Waals surface area contributed by atoms with E-state index < -0.39 is 5.97 Å². The van der Waals surface area contributed by atoms with Gasteiger partial charge in [-0.1, -0.05) is 24.3 Å². The summed E-state index contributed by atoms with van der Waals surface area (Å²) in [4.78, 5) is 17.0. The first-order chi connectivity index (χ1) is 13.6. The second-order valence-electron chi connectivity index (χ2n) is 6.04. The first-order valence-electron chi connectivity index (χ1n) is 8.66. The molecule has 3 aromatic rings. The predicted octanol–water partition coefficient (Wildman–Crippen LogP) is 5.41. The number of allylic oxidation sites excluding steroid dienone is 1. The number of aromatic nitrogens is 1. The van der Waals surface area contributed by atoms with Gasteiger partial charge in [0.15, 0.2) is 3.95 Å². The molecule has 2 aromatic carbocycles. The monoisotopic (exact) mass is 408 g/mol. The molecule has 2 heterocycles. The van der Waals surface area contributed by atoms with E-state index in [1.165, 1.54) is 11.3 Å². The first kappa shape index (κ1) is 18.3. The van der Waals surface area contributed by atoms with Crippen molar-refractivity contribution >= 4 is 53.1 Å². The fraction of sp³-hybridized carbons (Fsp3) is 0.0952. The number of hydrogen-bond donors (Lipinski definition) is 1. The van der Waals surface area contributed by atoms with E-state index >= 15 is 0 Å². The number of aromatic hydroxyl groups is 1. The van der Waals surface area contributed by atoms with E-state index in [2.05, 4.69) is 4.99 Å². The molecule has 0 amide bonds. The second kappa shape index (κ2) is 7.53. The first-order valence-corrected chi connectivity index (χ1v) is 9.88. The molecule has 0 spiro atoms. The Morgan fingerprint density at radius 2 is 2.11 bits per heavy atom. The molecule has 0 saturated carbocycles. The Hall–Kier alpha value is -3.03. The van der Waals surface area contributed by atoms with Gasteiger partial charge in [0.25, 0.3) is 0 Å². The summed E-state index contributed by atoms with van der Waals surface area (Å²) in [5.74, 6) is -0.381. The molecular weight excluding hydrogens is 392 g/mol. The van der Waals surface area contributed by atoms with Crippen molar-refractivity contribution in [1.82, 2.24) is 4.57 Å². The maximum atomic E-state index is 12.0. The average Bonchev–Trinajstić information content (AvgIpc) is 3.23. The van der Waals surface area contributed by atoms with Crippen molar-refractivity contribution in [1.29, 1.82) is 0 Å². The summed E-state index contributed by atoms with van der Waals surface area (Å²) in [6.07, 6.45) is 3.65. The molecule has 5 nitrogen and oxygen atoms in total. The lowest BCUT2D eigenvalue weighted by molar-refractivity contribution is 0.0526. The fourth-order valence-corrected chi connectivity index (χ4v) is 4.29. The van der Waals surface area contributed by atoms with Crippen LogP contribution in [-0.4, -0.2) is 28.5 Å². The lowest BCUT2D eigenvalue weighted by atomic mass is 10.1. The molecule has 0 saturated heterocycles. The van der Waals surface area contributed by atoms with Crippen LogP contribution in [0.5, 0.6) is 5.88 Å². The third-order valence-electron chi connectivity index (χ3n) is 4.27. The highest BCUT2D eigenvalue weighted by Gasteiger charge is 2.17. The second-order valence-corrected chi connectivity index (χ2v) is 7.71. The molecule has 4 rings (SSSR count). The number of carbonyl (C=O) groups is 1. The van der Waals surface area contributed by atoms with Gasteiger partial charge in [-0.25, -0.2) is 4.79 Å². The van der Waals surface area contributed by atoms with Crippen LogP contribution in [0.2, 0.25) is 0 Å². The zero-order valence-corrected chi connectivity index (χ0v) is 16.6. The van der Waals surface area contributed by atoms with Crippen molar-refractivity contribution in [3.8, 4) is 11.6 Å². The van der Waals surface area contributed by atoms with E-state index in [9.17, 15) is 9.90 Å². The van der Waals surface area contributed by atoms with Gasteiger partial charge in [0.2, 0.25) is 5.88 Å². The number of thiazole rings is 1. The van der Waals surface area contributed by atoms with Crippen molar-refractivity contribution in [3.63, 3.8) is 0 Å². The lowest BCUT2D eigenvalue weighted by Gasteiger charge is -2.07. The zero-order chi connectivity index (χ0) is 19.7. The molecule has 28 heavy (non-hydrogen) atoms. The number of aliphatic imine (C=N–C) groups is 1. The third kappa shape index (κ3) is 3.30. The van der Waals surface area contributed by atoms with E-state index in [1.54, 1.807) is 42.0 Å². The number of rotatable bonds is 4. The molecule has 140 valence electrons. The highest BCUT2D eigenvalue weighted by molar-refractivity contribution is 7.73. The average molecular weight is 409 g/mol. The summed E-state index contributed by atoms with van der Waals surface area (Å²) in [5, 5.41) is 10.8. The number of carbonyl (C=O) groups excluding carboxylic acids is 1. The summed E-state index contributed by atoms with van der Waals surface area (Å²) in [7, 11) is 0. The van der Waals surface area contributed by atoms with Gasteiger partial charge in [0.1, 0.15) is 0 Å². The summed E-state index contributed by atoms with van der Waals surface area (Å²) < 4.78 is 7.08. The molecule has 1 aromatic heterocycles. The Balaban J connectivity index is 1.75. The maximum Gasteiger partial charge on any atom is 0.338 e. The van der Waals surface area contributed by atoms with Crippen LogP contribution in [0.3, 0.4) is 0 Å². The third-order valence-corrected chi connectivity index (χ3v) is 5.58. The fourth-order valence-electron chi connectivity index (χ4n) is 2.99. The van der Waals surface area contributed by atoms with Gasteiger partial charge in [0.05, 0.1) is 28.4 Å². The smallest absolute Gasteiger partial charge is 0.338 e. The van der Waals surface area contributed by atoms with Gasteiger partial charge in [-0.3, -0.25) is 9.56 Å². The van der Waals surface area contributed by atoms with E-state index in [1.807, 2.05) is 30.3 Å². The van der Waals surface area contributed by atoms with Gasteiger partial charge in [-0.05, 0) is 49.5 Å². The van der Waals surface area contributed by atoms with Gasteiger partial charge in [-0.2, -0.15) is 0 Å². The number of nitrogens with zero attached hydrogens (tertiary/aromatic N) is 2. The minimum Gasteiger partial charge on any atom is -0.493 e. The molecule has 0 fully saturated rings. The van der Waals surface area contributed by atoms with Crippen LogP contribution >= 0.6 is 23.6 Å². The van der Waals surface area contributed by atoms with Crippen molar-refractivity contribution in [2.45, 2.75) is 6.92 Å². The van der Waals surface area contributed by atoms with Crippen molar-refractivity contribution in [2.75, 3.05) is 6.61 Å². The summed E-state index contributed by atoms with van der Waals surface area (Å²) in [5.41, 5.74) is 3.84. The minimum atomic E-state index is -0.410. The predicted molar refractivity (Wildman–Crippen MR) is 115 cm³/mol. The highest BCUT2D eigenvalue weighted by atomic mass is 32.1. The number of benzene rings is 2. The Bertz CT molecular complexity index is 1190. The van der Waals surface area contributed by atoms with Crippen molar-refractivity contribution in [2.24, 2.45) is 4.99 Å². The molecule has 7 heteroatoms. The van der Waals surface area contributed by atoms with Crippen molar-refractivity contribution in [3.05, 3.63) is 68.5 Å². The van der Waals surface area contributed by atoms with Crippen LogP contribution in [0.4, 0.5) is 5.69 Å². The Labute approximate surface area is 170 Å². The van der Waals surface area contributed by atoms with Crippen LogP contribution < -0.4 is 0 Å². The molecule has 1 aliphatic heterocycles. The van der Waals surface area contributed by atoms with Crippen LogP contribution in [0.25, 0.3) is 17.3 Å². The molecule has 0 unspecified atom stereocenters. The lowest BCUT2D eigenvalue weighted by Crippen LogP contribution is -2.05. The van der Waals surface area contributed by atoms with Gasteiger partial charge in [-0.15, -0.1) is 11.3 Å². The number of fused-ring (bicyclic) bond motifs is 1. The number of para-hydroxylation sites is 1. The van der Waals surface area contributed by atoms with E-state index in [0.29, 0.717) is 26.7 Å². The normalized spacial score (nSPS) is 13.7. The maximum absolute atomic E-state index is 12.0. The number of ether oxygens (including phenoxy) is 1. The Kier molecular flexibility index (Phi) is 4.93. The zero-order valence-electron chi connectivity index (χ0n) is 15.0. The minimum absolute atomic E-state index is 0.0290. The quantitative estimate of drug-likeness (QED) is 0.463. The summed E-state index contributed by atoms with van der Waals surface area (Å²) in [6.45, 7) is 2.06. The summed E-state index contributed by atoms with van der Waals surface area (Å²) in [6, 6.07) is 14.7. The van der Waals surface area contributed by atoms with E-state index in [0.717, 1.165) is 16.8 Å². The summed E-state index contributed by atoms with van der Waals surface area (Å²) >= 11 is 6.76. The molecular formula is C21H16N2O3S2. The molecule has 0 atom stereocenters. The van der Waals surface area contributed by atoms with E-state index in [4.69, 9.17) is 17.0 Å². The van der Waals surface area contributed by atoms with Crippen LogP contribution in [0.1, 0.15) is 27.7 Å². The number of hydrogen-bond acceptors (Lipinski definition) is 6. The highest BCUT2D eigenvalue weighted by Crippen LogP contribution is 2.36. The molecule has 0 aliphatic carbocycles. The van der Waals surface area contributed by atoms with Crippen LogP contribution in [0.15, 0.2) is 53.5 Å². The SMILES string of the molecule is CCOC(=O)c1cccc(-n2c(O)c(C=C3C=Nc4ccccc43)sc2=S)c1. The Morgan fingerprint density at radius 3 is 2.93 bits per heavy atom. The van der Waals surface area contributed by atoms with Gasteiger partial charge >= 0.3 is 5.97 Å². The van der Waals surface area contributed by atoms with E-state index in [-0.39, 0.29) is 5.88 Å². The topological polar surface area (TPSA) is 63.8 Å².